The monoisotopic (exact) mass is 242 g/mol. The standard InChI is InChI=1S/C14H18N4/c1-18(11-12-5-3-2-4-6-12)14-8-10-16-13(17-14)7-9-15/h2-6,8,10H,7,9,11,15H2,1H3. The van der Waals surface area contributed by atoms with Crippen LogP contribution in [0.15, 0.2) is 42.6 Å². The number of aromatic nitrogens is 2. The van der Waals surface area contributed by atoms with Gasteiger partial charge in [0.25, 0.3) is 0 Å². The van der Waals surface area contributed by atoms with Crippen LogP contribution in [0.1, 0.15) is 11.4 Å². The van der Waals surface area contributed by atoms with Gasteiger partial charge in [0.15, 0.2) is 0 Å². The zero-order valence-electron chi connectivity index (χ0n) is 10.6. The van der Waals surface area contributed by atoms with Crippen LogP contribution in [0.3, 0.4) is 0 Å². The Labute approximate surface area is 107 Å². The fourth-order valence-electron chi connectivity index (χ4n) is 1.79. The molecule has 94 valence electrons. The quantitative estimate of drug-likeness (QED) is 0.865. The minimum absolute atomic E-state index is 0.575. The van der Waals surface area contributed by atoms with Crippen LogP contribution in [0.2, 0.25) is 0 Å². The molecule has 0 saturated heterocycles. The van der Waals surface area contributed by atoms with Gasteiger partial charge in [0.2, 0.25) is 0 Å². The molecule has 0 fully saturated rings. The molecule has 0 spiro atoms. The van der Waals surface area contributed by atoms with E-state index in [4.69, 9.17) is 5.73 Å². The first kappa shape index (κ1) is 12.5. The van der Waals surface area contributed by atoms with Crippen LogP contribution in [0.25, 0.3) is 0 Å². The topological polar surface area (TPSA) is 55.0 Å². The highest BCUT2D eigenvalue weighted by atomic mass is 15.2. The molecule has 0 radical (unpaired) electrons. The molecule has 0 atom stereocenters. The van der Waals surface area contributed by atoms with E-state index in [0.717, 1.165) is 18.2 Å². The van der Waals surface area contributed by atoms with Crippen LogP contribution in [-0.2, 0) is 13.0 Å². The maximum atomic E-state index is 5.52. The van der Waals surface area contributed by atoms with Gasteiger partial charge >= 0.3 is 0 Å². The fourth-order valence-corrected chi connectivity index (χ4v) is 1.79. The van der Waals surface area contributed by atoms with Gasteiger partial charge in [0.05, 0.1) is 0 Å². The first-order valence-electron chi connectivity index (χ1n) is 6.06. The number of nitrogens with zero attached hydrogens (tertiary/aromatic N) is 3. The van der Waals surface area contributed by atoms with Gasteiger partial charge in [-0.3, -0.25) is 0 Å². The normalized spacial score (nSPS) is 10.3. The van der Waals surface area contributed by atoms with Gasteiger partial charge in [0.1, 0.15) is 11.6 Å². The Balaban J connectivity index is 2.08. The summed E-state index contributed by atoms with van der Waals surface area (Å²) >= 11 is 0. The van der Waals surface area contributed by atoms with Gasteiger partial charge < -0.3 is 10.6 Å². The molecule has 1 heterocycles. The van der Waals surface area contributed by atoms with Crippen molar-refractivity contribution in [2.45, 2.75) is 13.0 Å². The molecule has 2 aromatic rings. The predicted octanol–water partition coefficient (Wildman–Crippen LogP) is 1.61. The molecule has 4 nitrogen and oxygen atoms in total. The van der Waals surface area contributed by atoms with E-state index in [1.54, 1.807) is 6.20 Å². The van der Waals surface area contributed by atoms with Crippen molar-refractivity contribution < 1.29 is 0 Å². The lowest BCUT2D eigenvalue weighted by atomic mass is 10.2. The maximum Gasteiger partial charge on any atom is 0.132 e. The highest BCUT2D eigenvalue weighted by Gasteiger charge is 2.04. The Morgan fingerprint density at radius 3 is 2.67 bits per heavy atom. The number of hydrogen-bond acceptors (Lipinski definition) is 4. The van der Waals surface area contributed by atoms with Gasteiger partial charge in [-0.1, -0.05) is 30.3 Å². The minimum Gasteiger partial charge on any atom is -0.355 e. The van der Waals surface area contributed by atoms with Crippen LogP contribution >= 0.6 is 0 Å². The third kappa shape index (κ3) is 3.28. The van der Waals surface area contributed by atoms with Crippen molar-refractivity contribution in [3.05, 3.63) is 54.0 Å². The molecule has 0 aliphatic carbocycles. The largest absolute Gasteiger partial charge is 0.355 e. The molecular formula is C14H18N4. The Bertz CT molecular complexity index is 484. The Kier molecular flexibility index (Phi) is 4.25. The molecule has 0 bridgehead atoms. The lowest BCUT2D eigenvalue weighted by Crippen LogP contribution is -2.19. The second kappa shape index (κ2) is 6.12. The molecular weight excluding hydrogens is 224 g/mol. The molecule has 18 heavy (non-hydrogen) atoms. The van der Waals surface area contributed by atoms with E-state index in [0.29, 0.717) is 13.0 Å². The summed E-state index contributed by atoms with van der Waals surface area (Å²) in [6.45, 7) is 1.41. The summed E-state index contributed by atoms with van der Waals surface area (Å²) < 4.78 is 0. The van der Waals surface area contributed by atoms with Gasteiger partial charge in [-0.25, -0.2) is 9.97 Å². The van der Waals surface area contributed by atoms with Crippen LogP contribution in [0.5, 0.6) is 0 Å². The third-order valence-corrected chi connectivity index (χ3v) is 2.71. The highest BCUT2D eigenvalue weighted by Crippen LogP contribution is 2.12. The average Bonchev–Trinajstić information content (AvgIpc) is 2.40. The summed E-state index contributed by atoms with van der Waals surface area (Å²) in [5.74, 6) is 1.73. The Morgan fingerprint density at radius 2 is 1.94 bits per heavy atom. The van der Waals surface area contributed by atoms with Gasteiger partial charge in [-0.05, 0) is 18.2 Å². The summed E-state index contributed by atoms with van der Waals surface area (Å²) in [6.07, 6.45) is 2.50. The molecule has 0 amide bonds. The smallest absolute Gasteiger partial charge is 0.132 e. The number of rotatable bonds is 5. The van der Waals surface area contributed by atoms with Crippen molar-refractivity contribution in [1.82, 2.24) is 9.97 Å². The first-order chi connectivity index (χ1) is 8.79. The molecule has 0 saturated carbocycles. The van der Waals surface area contributed by atoms with E-state index in [1.807, 2.05) is 31.3 Å². The summed E-state index contributed by atoms with van der Waals surface area (Å²) in [6, 6.07) is 12.2. The van der Waals surface area contributed by atoms with E-state index in [9.17, 15) is 0 Å². The zero-order chi connectivity index (χ0) is 12.8. The van der Waals surface area contributed by atoms with E-state index in [-0.39, 0.29) is 0 Å². The highest BCUT2D eigenvalue weighted by molar-refractivity contribution is 5.37. The summed E-state index contributed by atoms with van der Waals surface area (Å²) in [7, 11) is 2.03. The van der Waals surface area contributed by atoms with E-state index >= 15 is 0 Å². The zero-order valence-corrected chi connectivity index (χ0v) is 10.6. The van der Waals surface area contributed by atoms with Crippen molar-refractivity contribution in [2.75, 3.05) is 18.5 Å². The van der Waals surface area contributed by atoms with Crippen molar-refractivity contribution in [3.8, 4) is 0 Å². The Morgan fingerprint density at radius 1 is 1.17 bits per heavy atom. The molecule has 0 aliphatic heterocycles. The molecule has 1 aromatic carbocycles. The number of nitrogens with two attached hydrogens (primary N) is 1. The van der Waals surface area contributed by atoms with Crippen molar-refractivity contribution in [3.63, 3.8) is 0 Å². The second-order valence-corrected chi connectivity index (χ2v) is 4.21. The molecule has 0 aliphatic rings. The minimum atomic E-state index is 0.575. The Hall–Kier alpha value is -1.94. The maximum absolute atomic E-state index is 5.52. The number of anilines is 1. The molecule has 2 N–H and O–H groups in total. The lowest BCUT2D eigenvalue weighted by molar-refractivity contribution is 0.832. The average molecular weight is 242 g/mol. The molecule has 4 heteroatoms. The summed E-state index contributed by atoms with van der Waals surface area (Å²) in [5.41, 5.74) is 6.78. The van der Waals surface area contributed by atoms with Gasteiger partial charge in [0, 0.05) is 26.2 Å². The molecule has 1 aromatic heterocycles. The predicted molar refractivity (Wildman–Crippen MR) is 73.3 cm³/mol. The van der Waals surface area contributed by atoms with Crippen LogP contribution in [0, 0.1) is 0 Å². The van der Waals surface area contributed by atoms with Crippen LogP contribution in [-0.4, -0.2) is 23.6 Å². The second-order valence-electron chi connectivity index (χ2n) is 4.21. The van der Waals surface area contributed by atoms with Crippen LogP contribution in [0.4, 0.5) is 5.82 Å². The fraction of sp³-hybridized carbons (Fsp3) is 0.286. The molecule has 2 rings (SSSR count). The summed E-state index contributed by atoms with van der Waals surface area (Å²) in [5, 5.41) is 0. The SMILES string of the molecule is CN(Cc1ccccc1)c1ccnc(CCN)n1. The van der Waals surface area contributed by atoms with Crippen molar-refractivity contribution >= 4 is 5.82 Å². The van der Waals surface area contributed by atoms with E-state index < -0.39 is 0 Å². The lowest BCUT2D eigenvalue weighted by Gasteiger charge is -2.18. The van der Waals surface area contributed by atoms with Crippen LogP contribution < -0.4 is 10.6 Å². The van der Waals surface area contributed by atoms with Crippen molar-refractivity contribution in [1.29, 1.82) is 0 Å². The van der Waals surface area contributed by atoms with Crippen molar-refractivity contribution in [2.24, 2.45) is 5.73 Å². The number of benzene rings is 1. The van der Waals surface area contributed by atoms with E-state index in [1.165, 1.54) is 5.56 Å². The first-order valence-corrected chi connectivity index (χ1v) is 6.06. The van der Waals surface area contributed by atoms with E-state index in [2.05, 4.69) is 27.0 Å². The van der Waals surface area contributed by atoms with Gasteiger partial charge in [-0.2, -0.15) is 0 Å². The van der Waals surface area contributed by atoms with Gasteiger partial charge in [-0.15, -0.1) is 0 Å². The molecule has 0 unspecified atom stereocenters. The number of hydrogen-bond donors (Lipinski definition) is 1. The third-order valence-electron chi connectivity index (χ3n) is 2.71. The summed E-state index contributed by atoms with van der Waals surface area (Å²) in [4.78, 5) is 10.8.